The average molecular weight is 537 g/mol. The lowest BCUT2D eigenvalue weighted by molar-refractivity contribution is 0.568. The number of benzene rings is 4. The van der Waals surface area contributed by atoms with Gasteiger partial charge >= 0.3 is 0 Å². The third kappa shape index (κ3) is 4.27. The van der Waals surface area contributed by atoms with Gasteiger partial charge in [-0.1, -0.05) is 76.2 Å². The zero-order valence-corrected chi connectivity index (χ0v) is 23.8. The molecule has 0 aliphatic rings. The lowest BCUT2D eigenvalue weighted by Gasteiger charge is -2.24. The fraction of sp³-hybridized carbons (Fsp3) is 0.162. The fourth-order valence-electron chi connectivity index (χ4n) is 5.86. The van der Waals surface area contributed by atoms with Crippen molar-refractivity contribution in [3.63, 3.8) is 0 Å². The van der Waals surface area contributed by atoms with Gasteiger partial charge in [-0.3, -0.25) is 4.57 Å². The Kier molecular flexibility index (Phi) is 6.12. The first-order valence-corrected chi connectivity index (χ1v) is 14.2. The summed E-state index contributed by atoms with van der Waals surface area (Å²) in [6.07, 6.45) is 5.33. The van der Waals surface area contributed by atoms with Crippen LogP contribution in [0.15, 0.2) is 119 Å². The molecule has 0 saturated heterocycles. The molecule has 7 aromatic rings. The largest absolute Gasteiger partial charge is 0.472 e. The first kappa shape index (κ1) is 25.2. The number of rotatable bonds is 6. The number of hydrogen-bond donors (Lipinski definition) is 0. The summed E-state index contributed by atoms with van der Waals surface area (Å²) < 4.78 is 13.8. The Hall–Kier alpha value is -4.83. The van der Waals surface area contributed by atoms with Crippen LogP contribution in [0.4, 0.5) is 0 Å². The van der Waals surface area contributed by atoms with Gasteiger partial charge in [0.1, 0.15) is 17.7 Å². The van der Waals surface area contributed by atoms with Crippen molar-refractivity contribution < 1.29 is 8.83 Å². The lowest BCUT2D eigenvalue weighted by atomic mass is 9.88. The zero-order chi connectivity index (χ0) is 28.1. The zero-order valence-electron chi connectivity index (χ0n) is 23.8. The molecule has 0 N–H and O–H groups in total. The van der Waals surface area contributed by atoms with Gasteiger partial charge in [0.2, 0.25) is 0 Å². The van der Waals surface area contributed by atoms with E-state index in [0.717, 1.165) is 44.5 Å². The monoisotopic (exact) mass is 536 g/mol. The standard InChI is InChI=1S/C37H32N2O2/c1-23(2)29-19-28(25-10-6-5-7-11-25)20-30(24(3)4)36(29)39-34-13-9-8-12-33(34)38-37(39)32-22-41-35-15-14-26(18-31(32)35)27-16-17-40-21-27/h5-24H,1-4H3. The molecule has 0 radical (unpaired) electrons. The van der Waals surface area contributed by atoms with E-state index in [9.17, 15) is 0 Å². The summed E-state index contributed by atoms with van der Waals surface area (Å²) in [5.74, 6) is 1.48. The van der Waals surface area contributed by atoms with Crippen molar-refractivity contribution >= 4 is 22.0 Å². The molecule has 4 nitrogen and oxygen atoms in total. The van der Waals surface area contributed by atoms with Crippen molar-refractivity contribution in [3.05, 3.63) is 121 Å². The summed E-state index contributed by atoms with van der Waals surface area (Å²) in [5.41, 5.74) is 12.2. The minimum Gasteiger partial charge on any atom is -0.472 e. The predicted octanol–water partition coefficient (Wildman–Crippen LogP) is 10.6. The third-order valence-corrected chi connectivity index (χ3v) is 7.97. The number of hydrogen-bond acceptors (Lipinski definition) is 3. The second kappa shape index (κ2) is 9.97. The molecular weight excluding hydrogens is 504 g/mol. The van der Waals surface area contributed by atoms with Gasteiger partial charge in [0.05, 0.1) is 34.8 Å². The summed E-state index contributed by atoms with van der Waals surface area (Å²) in [6, 6.07) is 32.1. The Morgan fingerprint density at radius 2 is 1.39 bits per heavy atom. The highest BCUT2D eigenvalue weighted by Gasteiger charge is 2.25. The van der Waals surface area contributed by atoms with Crippen LogP contribution in [-0.4, -0.2) is 9.55 Å². The van der Waals surface area contributed by atoms with Crippen LogP contribution in [0.25, 0.3) is 61.3 Å². The lowest BCUT2D eigenvalue weighted by Crippen LogP contribution is -2.09. The number of nitrogens with zero attached hydrogens (tertiary/aromatic N) is 2. The third-order valence-electron chi connectivity index (χ3n) is 7.97. The molecule has 0 fully saturated rings. The molecule has 0 bridgehead atoms. The fourth-order valence-corrected chi connectivity index (χ4v) is 5.86. The SMILES string of the molecule is CC(C)c1cc(-c2ccccc2)cc(C(C)C)c1-n1c(-c2coc3ccc(-c4ccoc4)cc23)nc2ccccc21. The van der Waals surface area contributed by atoms with E-state index in [2.05, 4.69) is 111 Å². The Morgan fingerprint density at radius 3 is 2.10 bits per heavy atom. The Labute approximate surface area is 239 Å². The molecule has 4 heteroatoms. The van der Waals surface area contributed by atoms with Gasteiger partial charge in [-0.05, 0) is 82.1 Å². The van der Waals surface area contributed by atoms with Gasteiger partial charge in [-0.25, -0.2) is 4.98 Å². The molecular formula is C37H32N2O2. The highest BCUT2D eigenvalue weighted by Crippen LogP contribution is 2.42. The van der Waals surface area contributed by atoms with Crippen molar-refractivity contribution in [2.75, 3.05) is 0 Å². The van der Waals surface area contributed by atoms with Crippen molar-refractivity contribution in [2.45, 2.75) is 39.5 Å². The van der Waals surface area contributed by atoms with E-state index in [0.29, 0.717) is 11.8 Å². The molecule has 0 atom stereocenters. The van der Waals surface area contributed by atoms with E-state index in [-0.39, 0.29) is 0 Å². The first-order valence-electron chi connectivity index (χ1n) is 14.2. The molecule has 0 unspecified atom stereocenters. The molecule has 4 aromatic carbocycles. The topological polar surface area (TPSA) is 44.1 Å². The van der Waals surface area contributed by atoms with Crippen molar-refractivity contribution in [1.29, 1.82) is 0 Å². The highest BCUT2D eigenvalue weighted by molar-refractivity contribution is 5.97. The van der Waals surface area contributed by atoms with Crippen molar-refractivity contribution in [2.24, 2.45) is 0 Å². The van der Waals surface area contributed by atoms with E-state index in [4.69, 9.17) is 13.8 Å². The second-order valence-electron chi connectivity index (χ2n) is 11.3. The van der Waals surface area contributed by atoms with Gasteiger partial charge in [0, 0.05) is 10.9 Å². The quantitative estimate of drug-likeness (QED) is 0.212. The van der Waals surface area contributed by atoms with Gasteiger partial charge in [-0.2, -0.15) is 0 Å². The van der Waals surface area contributed by atoms with Crippen molar-refractivity contribution in [3.8, 4) is 39.3 Å². The molecule has 7 rings (SSSR count). The molecule has 202 valence electrons. The normalized spacial score (nSPS) is 11.9. The van der Waals surface area contributed by atoms with Crippen molar-refractivity contribution in [1.82, 2.24) is 9.55 Å². The van der Waals surface area contributed by atoms with Gasteiger partial charge in [-0.15, -0.1) is 0 Å². The van der Waals surface area contributed by atoms with Crippen LogP contribution >= 0.6 is 0 Å². The summed E-state index contributed by atoms with van der Waals surface area (Å²) in [5, 5.41) is 1.03. The van der Waals surface area contributed by atoms with Gasteiger partial charge in [0.15, 0.2) is 0 Å². The first-order chi connectivity index (χ1) is 20.0. The molecule has 0 spiro atoms. The number of para-hydroxylation sites is 2. The Bertz CT molecular complexity index is 1960. The second-order valence-corrected chi connectivity index (χ2v) is 11.3. The van der Waals surface area contributed by atoms with Gasteiger partial charge in [0.25, 0.3) is 0 Å². The summed E-state index contributed by atoms with van der Waals surface area (Å²) >= 11 is 0. The van der Waals surface area contributed by atoms with Crippen LogP contribution in [0.1, 0.15) is 50.7 Å². The summed E-state index contributed by atoms with van der Waals surface area (Å²) in [7, 11) is 0. The molecule has 0 aliphatic carbocycles. The smallest absolute Gasteiger partial charge is 0.149 e. The van der Waals surface area contributed by atoms with Crippen LogP contribution in [0, 0.1) is 0 Å². The van der Waals surface area contributed by atoms with Crippen LogP contribution < -0.4 is 0 Å². The number of fused-ring (bicyclic) bond motifs is 2. The molecule has 0 saturated carbocycles. The predicted molar refractivity (Wildman–Crippen MR) is 168 cm³/mol. The number of furan rings is 2. The molecule has 0 amide bonds. The van der Waals surface area contributed by atoms with E-state index in [1.807, 2.05) is 18.4 Å². The number of aromatic nitrogens is 2. The highest BCUT2D eigenvalue weighted by atomic mass is 16.3. The maximum absolute atomic E-state index is 6.12. The van der Waals surface area contributed by atoms with E-state index >= 15 is 0 Å². The molecule has 3 aromatic heterocycles. The van der Waals surface area contributed by atoms with E-state index in [1.165, 1.54) is 27.9 Å². The van der Waals surface area contributed by atoms with Crippen LogP contribution in [0.3, 0.4) is 0 Å². The Morgan fingerprint density at radius 1 is 0.659 bits per heavy atom. The maximum Gasteiger partial charge on any atom is 0.149 e. The van der Waals surface area contributed by atoms with Crippen LogP contribution in [-0.2, 0) is 0 Å². The molecule has 41 heavy (non-hydrogen) atoms. The maximum atomic E-state index is 6.12. The summed E-state index contributed by atoms with van der Waals surface area (Å²) in [6.45, 7) is 9.11. The number of imidazole rings is 1. The van der Waals surface area contributed by atoms with E-state index < -0.39 is 0 Å². The van der Waals surface area contributed by atoms with E-state index in [1.54, 1.807) is 12.5 Å². The molecule has 3 heterocycles. The summed E-state index contributed by atoms with van der Waals surface area (Å²) in [4.78, 5) is 5.24. The van der Waals surface area contributed by atoms with Gasteiger partial charge < -0.3 is 8.83 Å². The molecule has 0 aliphatic heterocycles. The van der Waals surface area contributed by atoms with Crippen LogP contribution in [0.5, 0.6) is 0 Å². The average Bonchev–Trinajstić information content (AvgIpc) is 3.75. The van der Waals surface area contributed by atoms with Crippen LogP contribution in [0.2, 0.25) is 0 Å². The Balaban J connectivity index is 1.54. The minimum atomic E-state index is 0.300. The minimum absolute atomic E-state index is 0.300.